The Balaban J connectivity index is 1.01. The quantitative estimate of drug-likeness (QED) is 0.372. The molecule has 1 saturated carbocycles. The topological polar surface area (TPSA) is 97.8 Å². The van der Waals surface area contributed by atoms with Gasteiger partial charge >= 0.3 is 0 Å². The first kappa shape index (κ1) is 23.1. The van der Waals surface area contributed by atoms with Gasteiger partial charge in [0, 0.05) is 23.3 Å². The molecule has 3 aliphatic carbocycles. The van der Waals surface area contributed by atoms with Gasteiger partial charge in [-0.05, 0) is 111 Å². The van der Waals surface area contributed by atoms with Crippen molar-refractivity contribution >= 4 is 17.6 Å². The number of rotatable bonds is 4. The Morgan fingerprint density at radius 3 is 2.59 bits per heavy atom. The van der Waals surface area contributed by atoms with Gasteiger partial charge in [-0.15, -0.1) is 15.3 Å². The highest BCUT2D eigenvalue weighted by molar-refractivity contribution is 5.68. The Labute approximate surface area is 228 Å². The maximum Gasteiger partial charge on any atom is 0.248 e. The van der Waals surface area contributed by atoms with Gasteiger partial charge in [0.1, 0.15) is 0 Å². The molecule has 198 valence electrons. The van der Waals surface area contributed by atoms with E-state index in [9.17, 15) is 0 Å². The number of nitrogens with zero attached hydrogens (tertiary/aromatic N) is 6. The first-order chi connectivity index (χ1) is 19.2. The van der Waals surface area contributed by atoms with Crippen molar-refractivity contribution in [2.24, 2.45) is 5.92 Å². The number of aromatic nitrogens is 5. The molecule has 4 aromatic rings. The van der Waals surface area contributed by atoms with Gasteiger partial charge in [0.2, 0.25) is 11.9 Å². The summed E-state index contributed by atoms with van der Waals surface area (Å²) in [5.41, 5.74) is 14.9. The van der Waals surface area contributed by atoms with Crippen molar-refractivity contribution in [1.29, 1.82) is 0 Å². The third kappa shape index (κ3) is 4.18. The van der Waals surface area contributed by atoms with E-state index in [1.165, 1.54) is 60.0 Å². The molecule has 0 amide bonds. The minimum Gasteiger partial charge on any atom is -0.368 e. The van der Waals surface area contributed by atoms with Crippen LogP contribution < -0.4 is 11.1 Å². The summed E-state index contributed by atoms with van der Waals surface area (Å²) in [6, 6.07) is 18.8. The summed E-state index contributed by atoms with van der Waals surface area (Å²) in [4.78, 5) is 7.32. The number of benzene rings is 2. The largest absolute Gasteiger partial charge is 0.368 e. The van der Waals surface area contributed by atoms with Crippen LogP contribution in [0.3, 0.4) is 0 Å². The van der Waals surface area contributed by atoms with E-state index in [0.29, 0.717) is 17.7 Å². The third-order valence-corrected chi connectivity index (χ3v) is 9.37. The van der Waals surface area contributed by atoms with Gasteiger partial charge in [0.15, 0.2) is 5.82 Å². The van der Waals surface area contributed by atoms with Crippen LogP contribution in [0.5, 0.6) is 0 Å². The highest BCUT2D eigenvalue weighted by atomic mass is 15.4. The van der Waals surface area contributed by atoms with E-state index in [2.05, 4.69) is 79.0 Å². The van der Waals surface area contributed by atoms with Crippen LogP contribution in [0.25, 0.3) is 17.1 Å². The summed E-state index contributed by atoms with van der Waals surface area (Å²) in [6.07, 6.45) is 10.7. The van der Waals surface area contributed by atoms with Gasteiger partial charge < -0.3 is 11.1 Å². The van der Waals surface area contributed by atoms with Crippen molar-refractivity contribution < 1.29 is 0 Å². The van der Waals surface area contributed by atoms with Crippen LogP contribution in [0.2, 0.25) is 0 Å². The van der Waals surface area contributed by atoms with Crippen LogP contribution in [0, 0.1) is 5.92 Å². The molecular weight excluding hydrogens is 484 g/mol. The zero-order valence-corrected chi connectivity index (χ0v) is 22.2. The van der Waals surface area contributed by atoms with Crippen molar-refractivity contribution in [1.82, 2.24) is 29.9 Å². The van der Waals surface area contributed by atoms with E-state index in [4.69, 9.17) is 5.73 Å². The number of fused-ring (bicyclic) bond motifs is 5. The normalized spacial score (nSPS) is 23.6. The Bertz CT molecular complexity index is 1560. The number of aryl methyl sites for hydroxylation is 4. The molecule has 8 heteroatoms. The number of hydrogen-bond acceptors (Lipinski definition) is 7. The van der Waals surface area contributed by atoms with Crippen LogP contribution in [-0.4, -0.2) is 48.5 Å². The zero-order chi connectivity index (χ0) is 25.9. The van der Waals surface area contributed by atoms with E-state index in [1.807, 2.05) is 0 Å². The fraction of sp³-hybridized carbons (Fsp3) is 0.419. The van der Waals surface area contributed by atoms with Crippen LogP contribution in [-0.2, 0) is 25.7 Å². The maximum absolute atomic E-state index is 6.31. The van der Waals surface area contributed by atoms with E-state index >= 15 is 0 Å². The molecule has 2 fully saturated rings. The van der Waals surface area contributed by atoms with Crippen molar-refractivity contribution in [3.63, 3.8) is 0 Å². The molecule has 3 atom stereocenters. The fourth-order valence-corrected chi connectivity index (χ4v) is 7.24. The summed E-state index contributed by atoms with van der Waals surface area (Å²) in [7, 11) is 0. The monoisotopic (exact) mass is 518 g/mol. The zero-order valence-electron chi connectivity index (χ0n) is 22.2. The average molecular weight is 519 g/mol. The summed E-state index contributed by atoms with van der Waals surface area (Å²) in [5, 5.41) is 17.2. The summed E-state index contributed by atoms with van der Waals surface area (Å²) < 4.78 is 1.58. The van der Waals surface area contributed by atoms with Crippen molar-refractivity contribution in [2.45, 2.75) is 69.9 Å². The Kier molecular flexibility index (Phi) is 5.43. The minimum absolute atomic E-state index is 0.294. The molecule has 2 aromatic heterocycles. The molecule has 8 rings (SSSR count). The molecule has 0 spiro atoms. The second-order valence-corrected chi connectivity index (χ2v) is 11.7. The molecule has 0 unspecified atom stereocenters. The Morgan fingerprint density at radius 2 is 1.72 bits per heavy atom. The van der Waals surface area contributed by atoms with Crippen molar-refractivity contribution in [3.05, 3.63) is 70.8 Å². The molecule has 0 radical (unpaired) electrons. The number of likely N-dealkylation sites (tertiary alicyclic amines) is 1. The number of nitrogen functional groups attached to an aromatic ring is 1. The number of hydrogen-bond donors (Lipinski definition) is 2. The summed E-state index contributed by atoms with van der Waals surface area (Å²) in [5.74, 6) is 2.36. The van der Waals surface area contributed by atoms with Crippen LogP contribution in [0.15, 0.2) is 48.5 Å². The SMILES string of the molecule is Nc1nc(Nc2ccc3c(c2)CC[C@H](N2CC[C@@H]4C[C@@H]42)CC3)nn1-c1cc2c(nn1)-c1ccccc1CCC2. The lowest BCUT2D eigenvalue weighted by Gasteiger charge is -2.28. The summed E-state index contributed by atoms with van der Waals surface area (Å²) >= 11 is 0. The summed E-state index contributed by atoms with van der Waals surface area (Å²) in [6.45, 7) is 1.31. The molecule has 8 nitrogen and oxygen atoms in total. The fourth-order valence-electron chi connectivity index (χ4n) is 7.24. The van der Waals surface area contributed by atoms with E-state index in [-0.39, 0.29) is 0 Å². The molecule has 2 aromatic carbocycles. The number of nitrogens with two attached hydrogens (primary N) is 1. The second kappa shape index (κ2) is 9.16. The molecule has 39 heavy (non-hydrogen) atoms. The van der Waals surface area contributed by atoms with Gasteiger partial charge in [-0.25, -0.2) is 0 Å². The first-order valence-electron chi connectivity index (χ1n) is 14.5. The van der Waals surface area contributed by atoms with Crippen molar-refractivity contribution in [2.75, 3.05) is 17.6 Å². The lowest BCUT2D eigenvalue weighted by atomic mass is 10.0. The molecular formula is C31H34N8. The van der Waals surface area contributed by atoms with Gasteiger partial charge in [-0.3, -0.25) is 4.90 Å². The maximum atomic E-state index is 6.31. The van der Waals surface area contributed by atoms with Gasteiger partial charge in [-0.2, -0.15) is 9.67 Å². The lowest BCUT2D eigenvalue weighted by molar-refractivity contribution is 0.195. The first-order valence-corrected chi connectivity index (χ1v) is 14.5. The third-order valence-electron chi connectivity index (χ3n) is 9.37. The minimum atomic E-state index is 0.294. The molecule has 1 aliphatic heterocycles. The predicted octanol–water partition coefficient (Wildman–Crippen LogP) is 4.88. The molecule has 3 N–H and O–H groups in total. The van der Waals surface area contributed by atoms with Crippen LogP contribution in [0.1, 0.15) is 54.4 Å². The highest BCUT2D eigenvalue weighted by Crippen LogP contribution is 2.46. The molecule has 3 heterocycles. The van der Waals surface area contributed by atoms with E-state index in [1.54, 1.807) is 4.68 Å². The molecule has 0 bridgehead atoms. The van der Waals surface area contributed by atoms with E-state index < -0.39 is 0 Å². The van der Waals surface area contributed by atoms with Crippen LogP contribution >= 0.6 is 0 Å². The van der Waals surface area contributed by atoms with Gasteiger partial charge in [0.25, 0.3) is 0 Å². The standard InChI is InChI=1S/C31H34N8/c32-30-34-31(37-39(30)28-18-23-6-3-5-20-4-1-2-7-26(20)29(23)36-35-28)33-24-11-8-19-9-12-25(13-10-21(19)16-24)38-15-14-22-17-27(22)38/h1-2,4,7-8,11,16,18,22,25,27H,3,5-6,9-10,12-15,17H2,(H3,32,33,34,37)/t22-,25-,27+/m1/s1. The smallest absolute Gasteiger partial charge is 0.248 e. The van der Waals surface area contributed by atoms with Crippen LogP contribution in [0.4, 0.5) is 17.6 Å². The van der Waals surface area contributed by atoms with Gasteiger partial charge in [0.05, 0.1) is 5.69 Å². The lowest BCUT2D eigenvalue weighted by Crippen LogP contribution is -2.35. The molecule has 1 saturated heterocycles. The predicted molar refractivity (Wildman–Crippen MR) is 152 cm³/mol. The Hall–Kier alpha value is -3.78. The Morgan fingerprint density at radius 1 is 0.846 bits per heavy atom. The van der Waals surface area contributed by atoms with E-state index in [0.717, 1.165) is 61.5 Å². The highest BCUT2D eigenvalue weighted by Gasteiger charge is 2.48. The number of piperidine rings is 1. The van der Waals surface area contributed by atoms with Gasteiger partial charge in [-0.1, -0.05) is 30.3 Å². The average Bonchev–Trinajstić information content (AvgIpc) is 3.60. The second-order valence-electron chi connectivity index (χ2n) is 11.7. The molecule has 4 aliphatic rings. The number of anilines is 3. The van der Waals surface area contributed by atoms with Crippen molar-refractivity contribution in [3.8, 4) is 17.1 Å². The number of nitrogens with one attached hydrogen (secondary N) is 1.